The Morgan fingerprint density at radius 3 is 2.67 bits per heavy atom. The van der Waals surface area contributed by atoms with E-state index in [-0.39, 0.29) is 12.4 Å². The number of benzene rings is 1. The third-order valence-corrected chi connectivity index (χ3v) is 2.84. The minimum Gasteiger partial charge on any atom is -0.490 e. The molecule has 1 aromatic heterocycles. The van der Waals surface area contributed by atoms with Crippen molar-refractivity contribution < 1.29 is 13.9 Å². The molecule has 0 aliphatic carbocycles. The zero-order chi connectivity index (χ0) is 15.1. The lowest BCUT2D eigenvalue weighted by molar-refractivity contribution is 0.268. The number of nitrogens with zero attached hydrogens (tertiary/aromatic N) is 1. The quantitative estimate of drug-likeness (QED) is 0.851. The second kappa shape index (κ2) is 7.59. The van der Waals surface area contributed by atoms with Gasteiger partial charge in [-0.2, -0.15) is 0 Å². The Hall–Kier alpha value is -2.14. The van der Waals surface area contributed by atoms with E-state index in [0.717, 1.165) is 12.1 Å². The Bertz CT molecular complexity index is 590. The minimum atomic E-state index is -0.370. The third kappa shape index (κ3) is 4.43. The molecule has 2 aromatic rings. The Balaban J connectivity index is 2.11. The summed E-state index contributed by atoms with van der Waals surface area (Å²) in [5, 5.41) is 3.09. The van der Waals surface area contributed by atoms with Crippen molar-refractivity contribution in [2.45, 2.75) is 20.1 Å². The van der Waals surface area contributed by atoms with E-state index in [1.165, 1.54) is 12.3 Å². The zero-order valence-electron chi connectivity index (χ0n) is 12.2. The van der Waals surface area contributed by atoms with Crippen LogP contribution in [-0.2, 0) is 13.2 Å². The molecule has 21 heavy (non-hydrogen) atoms. The van der Waals surface area contributed by atoms with Crippen LogP contribution >= 0.6 is 0 Å². The summed E-state index contributed by atoms with van der Waals surface area (Å²) in [4.78, 5) is 3.80. The van der Waals surface area contributed by atoms with Crippen LogP contribution in [0.5, 0.6) is 11.5 Å². The normalized spacial score (nSPS) is 10.4. The summed E-state index contributed by atoms with van der Waals surface area (Å²) in [5.41, 5.74) is 1.79. The van der Waals surface area contributed by atoms with Gasteiger partial charge in [0.15, 0.2) is 11.5 Å². The van der Waals surface area contributed by atoms with Crippen molar-refractivity contribution in [2.75, 3.05) is 13.7 Å². The summed E-state index contributed by atoms with van der Waals surface area (Å²) in [6.07, 6.45) is 2.75. The van der Waals surface area contributed by atoms with E-state index < -0.39 is 0 Å². The Morgan fingerprint density at radius 2 is 1.95 bits per heavy atom. The van der Waals surface area contributed by atoms with Crippen LogP contribution in [-0.4, -0.2) is 18.6 Å². The van der Waals surface area contributed by atoms with Crippen LogP contribution < -0.4 is 14.8 Å². The van der Waals surface area contributed by atoms with Gasteiger partial charge in [-0.3, -0.25) is 4.98 Å². The van der Waals surface area contributed by atoms with Gasteiger partial charge in [-0.05, 0) is 37.7 Å². The van der Waals surface area contributed by atoms with Crippen molar-refractivity contribution in [3.8, 4) is 11.5 Å². The lowest BCUT2D eigenvalue weighted by Gasteiger charge is -2.13. The number of pyridine rings is 1. The molecular weight excluding hydrogens is 271 g/mol. The topological polar surface area (TPSA) is 43.4 Å². The molecule has 0 unspecified atom stereocenters. The maximum absolute atomic E-state index is 13.1. The largest absolute Gasteiger partial charge is 0.490 e. The number of hydrogen-bond acceptors (Lipinski definition) is 4. The lowest BCUT2D eigenvalue weighted by atomic mass is 10.2. The van der Waals surface area contributed by atoms with Gasteiger partial charge in [-0.25, -0.2) is 4.39 Å². The molecule has 1 aromatic carbocycles. The highest BCUT2D eigenvalue weighted by Crippen LogP contribution is 2.29. The second-order valence-corrected chi connectivity index (χ2v) is 4.54. The smallest absolute Gasteiger partial charge is 0.161 e. The molecule has 0 fully saturated rings. The fourth-order valence-electron chi connectivity index (χ4n) is 1.95. The van der Waals surface area contributed by atoms with Crippen LogP contribution in [0.3, 0.4) is 0 Å². The van der Waals surface area contributed by atoms with Gasteiger partial charge in [0, 0.05) is 18.3 Å². The first-order chi connectivity index (χ1) is 10.2. The number of aromatic nitrogens is 1. The highest BCUT2D eigenvalue weighted by atomic mass is 19.1. The van der Waals surface area contributed by atoms with Gasteiger partial charge >= 0.3 is 0 Å². The van der Waals surface area contributed by atoms with Crippen LogP contribution in [0.2, 0.25) is 0 Å². The third-order valence-electron chi connectivity index (χ3n) is 2.84. The highest BCUT2D eigenvalue weighted by molar-refractivity contribution is 5.43. The van der Waals surface area contributed by atoms with Gasteiger partial charge in [0.05, 0.1) is 12.8 Å². The maximum Gasteiger partial charge on any atom is 0.161 e. The van der Waals surface area contributed by atoms with Crippen LogP contribution in [0, 0.1) is 5.82 Å². The molecule has 0 amide bonds. The van der Waals surface area contributed by atoms with Crippen LogP contribution in [0.4, 0.5) is 4.39 Å². The number of hydrogen-bond donors (Lipinski definition) is 1. The zero-order valence-corrected chi connectivity index (χ0v) is 12.2. The molecule has 0 aliphatic rings. The van der Waals surface area contributed by atoms with E-state index in [9.17, 15) is 4.39 Å². The van der Waals surface area contributed by atoms with Crippen LogP contribution in [0.15, 0.2) is 36.7 Å². The average molecular weight is 290 g/mol. The van der Waals surface area contributed by atoms with Crippen molar-refractivity contribution in [2.24, 2.45) is 0 Å². The minimum absolute atomic E-state index is 0.246. The van der Waals surface area contributed by atoms with E-state index in [2.05, 4.69) is 10.3 Å². The van der Waals surface area contributed by atoms with E-state index in [4.69, 9.17) is 9.47 Å². The number of ether oxygens (including phenoxy) is 2. The van der Waals surface area contributed by atoms with E-state index in [1.54, 1.807) is 6.20 Å². The summed E-state index contributed by atoms with van der Waals surface area (Å²) >= 11 is 0. The molecule has 0 aliphatic heterocycles. The van der Waals surface area contributed by atoms with E-state index in [0.29, 0.717) is 23.7 Å². The maximum atomic E-state index is 13.1. The number of rotatable bonds is 7. The molecule has 1 heterocycles. The summed E-state index contributed by atoms with van der Waals surface area (Å²) in [6, 6.07) is 7.18. The summed E-state index contributed by atoms with van der Waals surface area (Å²) in [7, 11) is 1.89. The van der Waals surface area contributed by atoms with Gasteiger partial charge in [-0.15, -0.1) is 0 Å². The molecule has 1 N–H and O–H groups in total. The molecule has 2 rings (SSSR count). The monoisotopic (exact) mass is 290 g/mol. The standard InChI is InChI=1S/C16H19FN2O2/c1-3-20-16-7-12(8-18-2)4-5-15(16)21-11-13-6-14(17)10-19-9-13/h4-7,9-10,18H,3,8,11H2,1-2H3. The SMILES string of the molecule is CCOc1cc(CNC)ccc1OCc1cncc(F)c1. The molecule has 0 spiro atoms. The van der Waals surface area contributed by atoms with Crippen molar-refractivity contribution >= 4 is 0 Å². The number of halogens is 1. The molecular formula is C16H19FN2O2. The Morgan fingerprint density at radius 1 is 1.10 bits per heavy atom. The molecule has 0 saturated carbocycles. The molecule has 112 valence electrons. The van der Waals surface area contributed by atoms with Crippen LogP contribution in [0.25, 0.3) is 0 Å². The van der Waals surface area contributed by atoms with Gasteiger partial charge in [0.1, 0.15) is 12.4 Å². The first kappa shape index (κ1) is 15.3. The predicted molar refractivity (Wildman–Crippen MR) is 78.9 cm³/mol. The first-order valence-electron chi connectivity index (χ1n) is 6.85. The summed E-state index contributed by atoms with van der Waals surface area (Å²) in [6.45, 7) is 3.48. The number of nitrogens with one attached hydrogen (secondary N) is 1. The first-order valence-corrected chi connectivity index (χ1v) is 6.85. The van der Waals surface area contributed by atoms with Gasteiger partial charge < -0.3 is 14.8 Å². The van der Waals surface area contributed by atoms with Crippen molar-refractivity contribution in [3.63, 3.8) is 0 Å². The van der Waals surface area contributed by atoms with Crippen LogP contribution in [0.1, 0.15) is 18.1 Å². The average Bonchev–Trinajstić information content (AvgIpc) is 2.47. The van der Waals surface area contributed by atoms with E-state index in [1.807, 2.05) is 32.2 Å². The molecule has 0 radical (unpaired) electrons. The van der Waals surface area contributed by atoms with Crippen molar-refractivity contribution in [1.29, 1.82) is 0 Å². The van der Waals surface area contributed by atoms with Gasteiger partial charge in [-0.1, -0.05) is 6.07 Å². The lowest BCUT2D eigenvalue weighted by Crippen LogP contribution is -2.06. The van der Waals surface area contributed by atoms with Crippen molar-refractivity contribution in [1.82, 2.24) is 10.3 Å². The molecule has 0 atom stereocenters. The summed E-state index contributed by atoms with van der Waals surface area (Å²) in [5.74, 6) is 0.959. The van der Waals surface area contributed by atoms with Gasteiger partial charge in [0.2, 0.25) is 0 Å². The second-order valence-electron chi connectivity index (χ2n) is 4.54. The Kier molecular flexibility index (Phi) is 5.51. The molecule has 0 bridgehead atoms. The molecule has 0 saturated heterocycles. The Labute approximate surface area is 123 Å². The highest BCUT2D eigenvalue weighted by Gasteiger charge is 2.07. The fraction of sp³-hybridized carbons (Fsp3) is 0.312. The molecule has 4 nitrogen and oxygen atoms in total. The van der Waals surface area contributed by atoms with Crippen molar-refractivity contribution in [3.05, 3.63) is 53.6 Å². The molecule has 5 heteroatoms. The predicted octanol–water partition coefficient (Wildman–Crippen LogP) is 2.92. The van der Waals surface area contributed by atoms with E-state index >= 15 is 0 Å². The fourth-order valence-corrected chi connectivity index (χ4v) is 1.95. The summed E-state index contributed by atoms with van der Waals surface area (Å²) < 4.78 is 24.4. The van der Waals surface area contributed by atoms with Gasteiger partial charge in [0.25, 0.3) is 0 Å².